The smallest absolute Gasteiger partial charge is 0.410 e. The zero-order valence-corrected chi connectivity index (χ0v) is 50.5. The van der Waals surface area contributed by atoms with Crippen LogP contribution in [0.1, 0.15) is 148 Å². The predicted molar refractivity (Wildman–Crippen MR) is 300 cm³/mol. The lowest BCUT2D eigenvalue weighted by atomic mass is 9.76. The number of hydrogen-bond donors (Lipinski definition) is 4. The molecule has 1 aromatic carbocycles. The molecule has 0 bridgehead atoms. The molecule has 0 unspecified atom stereocenters. The molecule has 1 aromatic heterocycles. The molecule has 2 rings (SSSR count). The molecule has 0 fully saturated rings. The van der Waals surface area contributed by atoms with Crippen molar-refractivity contribution in [2.75, 3.05) is 40.5 Å². The molecule has 0 aliphatic carbocycles. The number of nitrogens with zero attached hydrogens (tertiary/aromatic N) is 3. The lowest BCUT2D eigenvalue weighted by Gasteiger charge is -2.42. The summed E-state index contributed by atoms with van der Waals surface area (Å²) in [6.45, 7) is 25.9. The van der Waals surface area contributed by atoms with Crippen LogP contribution < -0.4 is 21.3 Å². The number of rotatable bonds is 29. The van der Waals surface area contributed by atoms with Crippen molar-refractivity contribution < 1.29 is 71.6 Å². The molecule has 0 aliphatic rings. The standard InChI is InChI=1S/C58H91N7O15/c1-19-76-45(67)31-28-40(53(73)78-21-3)59-44(66)30-27-39(50(70)61-41(54(74)79-22-4)29-32-46(68)77-20-2)60-49(69)36(7)33-43(35(5)6)64(17)52(72)47(56(8,9)10)62-51(71)48(65(18)55(75)80-57(11,12)13)58(14,15)38-34-63(16)42-26-24-23-25-37(38)42/h23-26,33-35,39-41,43,47-48H,19-22,27-32H2,1-18H3,(H,59,66)(H,60,69)(H,61,70)(H,62,71)/b36-33+/t39-,40-,41-,43+,47+,48+/m0/s1. The summed E-state index contributed by atoms with van der Waals surface area (Å²) in [7, 11) is 4.93. The van der Waals surface area contributed by atoms with Crippen molar-refractivity contribution >= 4 is 70.4 Å². The van der Waals surface area contributed by atoms with Crippen LogP contribution in [0.2, 0.25) is 0 Å². The Labute approximate surface area is 472 Å². The first kappa shape index (κ1) is 69.1. The Hall–Kier alpha value is -7.00. The highest BCUT2D eigenvalue weighted by molar-refractivity contribution is 5.98. The third-order valence-corrected chi connectivity index (χ3v) is 13.2. The van der Waals surface area contributed by atoms with Crippen LogP contribution in [-0.4, -0.2) is 156 Å². The van der Waals surface area contributed by atoms with Crippen LogP contribution in [0.15, 0.2) is 42.1 Å². The largest absolute Gasteiger partial charge is 0.466 e. The van der Waals surface area contributed by atoms with E-state index in [2.05, 4.69) is 21.3 Å². The number of nitrogens with one attached hydrogen (secondary N) is 4. The number of aromatic nitrogens is 1. The summed E-state index contributed by atoms with van der Waals surface area (Å²) in [5.41, 5.74) is -1.15. The van der Waals surface area contributed by atoms with Crippen molar-refractivity contribution in [2.45, 2.75) is 190 Å². The van der Waals surface area contributed by atoms with E-state index in [0.29, 0.717) is 0 Å². The Bertz CT molecular complexity index is 2520. The van der Waals surface area contributed by atoms with E-state index in [9.17, 15) is 38.4 Å². The van der Waals surface area contributed by atoms with Crippen molar-refractivity contribution in [3.63, 3.8) is 0 Å². The second kappa shape index (κ2) is 31.1. The first-order valence-corrected chi connectivity index (χ1v) is 27.5. The molecular formula is C58H91N7O15. The van der Waals surface area contributed by atoms with E-state index >= 15 is 9.59 Å². The normalized spacial score (nSPS) is 14.3. The molecular weight excluding hydrogens is 1030 g/mol. The van der Waals surface area contributed by atoms with Gasteiger partial charge in [-0.25, -0.2) is 14.4 Å². The fourth-order valence-electron chi connectivity index (χ4n) is 9.06. The molecule has 2 aromatic rings. The fraction of sp³-hybridized carbons (Fsp3) is 0.655. The van der Waals surface area contributed by atoms with Crippen LogP contribution in [0.5, 0.6) is 0 Å². The third-order valence-electron chi connectivity index (χ3n) is 13.2. The zero-order chi connectivity index (χ0) is 61.0. The van der Waals surface area contributed by atoms with Gasteiger partial charge in [0.15, 0.2) is 0 Å². The van der Waals surface area contributed by atoms with Gasteiger partial charge in [-0.05, 0) is 97.6 Å². The van der Waals surface area contributed by atoms with Gasteiger partial charge in [0.1, 0.15) is 35.8 Å². The number of carbonyl (C=O) groups is 10. The minimum absolute atomic E-state index is 0.0137. The number of esters is 4. The quantitative estimate of drug-likeness (QED) is 0.0432. The summed E-state index contributed by atoms with van der Waals surface area (Å²) in [6.07, 6.45) is 1.03. The third kappa shape index (κ3) is 20.6. The zero-order valence-electron chi connectivity index (χ0n) is 50.5. The van der Waals surface area contributed by atoms with E-state index in [1.165, 1.54) is 29.8 Å². The van der Waals surface area contributed by atoms with Gasteiger partial charge in [-0.1, -0.05) is 72.7 Å². The summed E-state index contributed by atoms with van der Waals surface area (Å²) in [4.78, 5) is 139. The highest BCUT2D eigenvalue weighted by atomic mass is 16.6. The van der Waals surface area contributed by atoms with Crippen LogP contribution in [0.4, 0.5) is 4.79 Å². The molecule has 4 N–H and O–H groups in total. The Morgan fingerprint density at radius 3 is 1.62 bits per heavy atom. The number of amides is 6. The van der Waals surface area contributed by atoms with E-state index < -0.39 is 119 Å². The number of aryl methyl sites for hydroxylation is 1. The highest BCUT2D eigenvalue weighted by Gasteiger charge is 2.47. The maximum Gasteiger partial charge on any atom is 0.410 e. The Kier molecular flexibility index (Phi) is 26.9. The second-order valence-corrected chi connectivity index (χ2v) is 22.7. The first-order valence-electron chi connectivity index (χ1n) is 27.5. The lowest BCUT2D eigenvalue weighted by Crippen LogP contribution is -2.63. The van der Waals surface area contributed by atoms with Crippen molar-refractivity contribution in [3.8, 4) is 0 Å². The molecule has 6 amide bonds. The average Bonchev–Trinajstić information content (AvgIpc) is 3.76. The lowest BCUT2D eigenvalue weighted by molar-refractivity contribution is -0.149. The van der Waals surface area contributed by atoms with Gasteiger partial charge in [-0.15, -0.1) is 0 Å². The van der Waals surface area contributed by atoms with Crippen LogP contribution >= 0.6 is 0 Å². The Morgan fingerprint density at radius 2 is 1.14 bits per heavy atom. The summed E-state index contributed by atoms with van der Waals surface area (Å²) < 4.78 is 28.0. The monoisotopic (exact) mass is 1130 g/mol. The van der Waals surface area contributed by atoms with Gasteiger partial charge in [-0.3, -0.25) is 38.5 Å². The maximum absolute atomic E-state index is 15.1. The van der Waals surface area contributed by atoms with Crippen molar-refractivity contribution in [2.24, 2.45) is 18.4 Å². The molecule has 80 heavy (non-hydrogen) atoms. The minimum atomic E-state index is -1.51. The van der Waals surface area contributed by atoms with Gasteiger partial charge in [0.2, 0.25) is 29.5 Å². The van der Waals surface area contributed by atoms with E-state index in [4.69, 9.17) is 23.7 Å². The Balaban J connectivity index is 2.63. The van der Waals surface area contributed by atoms with Gasteiger partial charge < -0.3 is 54.4 Å². The highest BCUT2D eigenvalue weighted by Crippen LogP contribution is 2.37. The second-order valence-electron chi connectivity index (χ2n) is 22.7. The summed E-state index contributed by atoms with van der Waals surface area (Å²) in [6, 6.07) is 0.370. The summed E-state index contributed by atoms with van der Waals surface area (Å²) in [5.74, 6) is -6.83. The van der Waals surface area contributed by atoms with Crippen molar-refractivity contribution in [3.05, 3.63) is 47.7 Å². The molecule has 1 heterocycles. The molecule has 22 nitrogen and oxygen atoms in total. The molecule has 0 spiro atoms. The maximum atomic E-state index is 15.1. The molecule has 22 heteroatoms. The van der Waals surface area contributed by atoms with Gasteiger partial charge in [-0.2, -0.15) is 0 Å². The van der Waals surface area contributed by atoms with Crippen molar-refractivity contribution in [1.29, 1.82) is 0 Å². The molecule has 0 saturated heterocycles. The van der Waals surface area contributed by atoms with Gasteiger partial charge in [0.25, 0.3) is 0 Å². The first-order chi connectivity index (χ1) is 37.2. The molecule has 0 aliphatic heterocycles. The molecule has 0 saturated carbocycles. The molecule has 0 radical (unpaired) electrons. The average molecular weight is 1130 g/mol. The number of benzene rings is 1. The van der Waals surface area contributed by atoms with Crippen LogP contribution in [0.3, 0.4) is 0 Å². The fourth-order valence-corrected chi connectivity index (χ4v) is 9.06. The van der Waals surface area contributed by atoms with E-state index in [0.717, 1.165) is 16.5 Å². The number of carbonyl (C=O) groups excluding carboxylic acids is 10. The minimum Gasteiger partial charge on any atom is -0.466 e. The number of likely N-dealkylation sites (N-methyl/N-ethyl adjacent to an activating group) is 2. The SMILES string of the molecule is CCOC(=O)CC[C@H](NC(=O)CC[C@H](NC(=O)/C(C)=C/[C@H](C(C)C)N(C)C(=O)[C@@H](NC(=O)[C@@H](N(C)C(=O)OC(C)(C)C)C(C)(C)c1cn(C)c2ccccc12)C(C)(C)C)C(=O)N[C@@H](CCC(=O)OCC)C(=O)OCC)C(=O)OCC. The molecule has 6 atom stereocenters. The van der Waals surface area contributed by atoms with Gasteiger partial charge >= 0.3 is 30.0 Å². The van der Waals surface area contributed by atoms with Crippen LogP contribution in [-0.2, 0) is 79.3 Å². The Morgan fingerprint density at radius 1 is 0.637 bits per heavy atom. The number of ether oxygens (including phenoxy) is 5. The van der Waals surface area contributed by atoms with Crippen LogP contribution in [0.25, 0.3) is 10.9 Å². The topological polar surface area (TPSA) is 276 Å². The van der Waals surface area contributed by atoms with E-state index in [1.807, 2.05) is 69.8 Å². The summed E-state index contributed by atoms with van der Waals surface area (Å²) in [5, 5.41) is 11.6. The summed E-state index contributed by atoms with van der Waals surface area (Å²) >= 11 is 0. The van der Waals surface area contributed by atoms with Gasteiger partial charge in [0, 0.05) is 68.5 Å². The van der Waals surface area contributed by atoms with Crippen LogP contribution in [0, 0.1) is 11.3 Å². The van der Waals surface area contributed by atoms with E-state index in [-0.39, 0.29) is 70.0 Å². The number of para-hydroxylation sites is 1. The number of fused-ring (bicyclic) bond motifs is 1. The predicted octanol–water partition coefficient (Wildman–Crippen LogP) is 5.70. The van der Waals surface area contributed by atoms with E-state index in [1.54, 1.807) is 76.3 Å². The molecule has 448 valence electrons. The number of hydrogen-bond acceptors (Lipinski definition) is 15. The van der Waals surface area contributed by atoms with Crippen molar-refractivity contribution in [1.82, 2.24) is 35.6 Å². The van der Waals surface area contributed by atoms with Gasteiger partial charge in [0.05, 0.1) is 32.5 Å².